The van der Waals surface area contributed by atoms with Gasteiger partial charge < -0.3 is 9.42 Å². The molecule has 0 bridgehead atoms. The molecule has 1 amide bonds. The highest BCUT2D eigenvalue weighted by molar-refractivity contribution is 5.92. The van der Waals surface area contributed by atoms with Crippen LogP contribution in [-0.4, -0.2) is 37.3 Å². The van der Waals surface area contributed by atoms with Crippen LogP contribution < -0.4 is 0 Å². The molecule has 0 saturated carbocycles. The minimum absolute atomic E-state index is 0.0419. The molecule has 0 aliphatic carbocycles. The standard InChI is InChI=1S/C27H23N5O2/c1-18-7-6-10-20(15-18)26-28-27(34-30-26)25-22-11-4-5-12-23(22)32(29-25)17-24(33)31-14-13-19-8-2-3-9-21(19)16-31/h2-12,15H,13-14,16-17H2,1H3. The van der Waals surface area contributed by atoms with Crippen LogP contribution in [0.15, 0.2) is 77.3 Å². The molecule has 6 rings (SSSR count). The van der Waals surface area contributed by atoms with Crippen molar-refractivity contribution >= 4 is 16.8 Å². The van der Waals surface area contributed by atoms with Crippen LogP contribution in [0.5, 0.6) is 0 Å². The quantitative estimate of drug-likeness (QED) is 0.399. The number of carbonyl (C=O) groups excluding carboxylic acids is 1. The lowest BCUT2D eigenvalue weighted by atomic mass is 10.00. The van der Waals surface area contributed by atoms with Crippen molar-refractivity contribution in [3.8, 4) is 23.0 Å². The van der Waals surface area contributed by atoms with E-state index in [2.05, 4.69) is 28.3 Å². The molecule has 1 aliphatic rings. The molecule has 0 atom stereocenters. The van der Waals surface area contributed by atoms with E-state index in [0.29, 0.717) is 30.5 Å². The number of hydrogen-bond acceptors (Lipinski definition) is 5. The molecular formula is C27H23N5O2. The van der Waals surface area contributed by atoms with Gasteiger partial charge in [-0.25, -0.2) is 0 Å². The Balaban J connectivity index is 1.30. The third-order valence-corrected chi connectivity index (χ3v) is 6.33. The van der Waals surface area contributed by atoms with E-state index >= 15 is 0 Å². The third kappa shape index (κ3) is 3.65. The fourth-order valence-electron chi connectivity index (χ4n) is 4.56. The summed E-state index contributed by atoms with van der Waals surface area (Å²) in [6.07, 6.45) is 0.872. The second kappa shape index (κ2) is 8.26. The van der Waals surface area contributed by atoms with Gasteiger partial charge in [-0.15, -0.1) is 0 Å². The number of rotatable bonds is 4. The lowest BCUT2D eigenvalue weighted by Gasteiger charge is -2.29. The Hall–Kier alpha value is -4.26. The molecular weight excluding hydrogens is 426 g/mol. The number of aromatic nitrogens is 4. The van der Waals surface area contributed by atoms with Gasteiger partial charge in [0.2, 0.25) is 11.7 Å². The van der Waals surface area contributed by atoms with Crippen LogP contribution in [0, 0.1) is 6.92 Å². The second-order valence-corrected chi connectivity index (χ2v) is 8.65. The summed E-state index contributed by atoms with van der Waals surface area (Å²) >= 11 is 0. The summed E-state index contributed by atoms with van der Waals surface area (Å²) in [6, 6.07) is 24.1. The van der Waals surface area contributed by atoms with Gasteiger partial charge >= 0.3 is 0 Å². The lowest BCUT2D eigenvalue weighted by Crippen LogP contribution is -2.38. The van der Waals surface area contributed by atoms with Crippen LogP contribution in [0.2, 0.25) is 0 Å². The molecule has 3 heterocycles. The summed E-state index contributed by atoms with van der Waals surface area (Å²) in [4.78, 5) is 19.7. The van der Waals surface area contributed by atoms with Crippen LogP contribution in [0.1, 0.15) is 16.7 Å². The molecule has 0 fully saturated rings. The van der Waals surface area contributed by atoms with Gasteiger partial charge in [0, 0.05) is 24.0 Å². The highest BCUT2D eigenvalue weighted by Gasteiger charge is 2.23. The monoisotopic (exact) mass is 449 g/mol. The number of para-hydroxylation sites is 1. The number of hydrogen-bond donors (Lipinski definition) is 0. The van der Waals surface area contributed by atoms with E-state index in [1.807, 2.05) is 66.4 Å². The average Bonchev–Trinajstić information content (AvgIpc) is 3.49. The minimum Gasteiger partial charge on any atom is -0.336 e. The normalized spacial score (nSPS) is 13.3. The Kier molecular flexibility index (Phi) is 4.95. The highest BCUT2D eigenvalue weighted by Crippen LogP contribution is 2.29. The lowest BCUT2D eigenvalue weighted by molar-refractivity contribution is -0.132. The van der Waals surface area contributed by atoms with E-state index in [0.717, 1.165) is 28.5 Å². The first kappa shape index (κ1) is 20.4. The van der Waals surface area contributed by atoms with Gasteiger partial charge in [-0.3, -0.25) is 9.48 Å². The first-order chi connectivity index (χ1) is 16.7. The van der Waals surface area contributed by atoms with Crippen molar-refractivity contribution in [3.63, 3.8) is 0 Å². The molecule has 1 aliphatic heterocycles. The van der Waals surface area contributed by atoms with E-state index in [4.69, 9.17) is 9.62 Å². The number of benzene rings is 3. The van der Waals surface area contributed by atoms with E-state index in [1.165, 1.54) is 11.1 Å². The third-order valence-electron chi connectivity index (χ3n) is 6.33. The largest absolute Gasteiger partial charge is 0.336 e. The maximum atomic E-state index is 13.2. The van der Waals surface area contributed by atoms with E-state index in [9.17, 15) is 4.79 Å². The van der Waals surface area contributed by atoms with Gasteiger partial charge in [-0.05, 0) is 36.6 Å². The predicted molar refractivity (Wildman–Crippen MR) is 129 cm³/mol. The highest BCUT2D eigenvalue weighted by atomic mass is 16.5. The number of fused-ring (bicyclic) bond motifs is 2. The van der Waals surface area contributed by atoms with Gasteiger partial charge in [0.05, 0.1) is 5.52 Å². The van der Waals surface area contributed by atoms with Gasteiger partial charge in [0.1, 0.15) is 6.54 Å². The second-order valence-electron chi connectivity index (χ2n) is 8.65. The van der Waals surface area contributed by atoms with Crippen molar-refractivity contribution in [1.29, 1.82) is 0 Å². The zero-order valence-corrected chi connectivity index (χ0v) is 18.8. The molecule has 0 N–H and O–H groups in total. The van der Waals surface area contributed by atoms with Crippen molar-refractivity contribution < 1.29 is 9.32 Å². The molecule has 7 nitrogen and oxygen atoms in total. The molecule has 2 aromatic heterocycles. The molecule has 34 heavy (non-hydrogen) atoms. The Morgan fingerprint density at radius 3 is 2.71 bits per heavy atom. The topological polar surface area (TPSA) is 77.0 Å². The SMILES string of the molecule is Cc1cccc(-c2noc(-c3nn(CC(=O)N4CCc5ccccc5C4)c4ccccc34)n2)c1. The first-order valence-electron chi connectivity index (χ1n) is 11.4. The summed E-state index contributed by atoms with van der Waals surface area (Å²) in [7, 11) is 0. The Morgan fingerprint density at radius 2 is 1.82 bits per heavy atom. The Bertz CT molecular complexity index is 1520. The van der Waals surface area contributed by atoms with E-state index < -0.39 is 0 Å². The van der Waals surface area contributed by atoms with Crippen LogP contribution in [0.3, 0.4) is 0 Å². The van der Waals surface area contributed by atoms with Crippen LogP contribution in [0.4, 0.5) is 0 Å². The summed E-state index contributed by atoms with van der Waals surface area (Å²) in [5.41, 5.74) is 5.98. The van der Waals surface area contributed by atoms with Gasteiger partial charge in [0.15, 0.2) is 5.69 Å². The summed E-state index contributed by atoms with van der Waals surface area (Å²) < 4.78 is 7.33. The number of aryl methyl sites for hydroxylation is 1. The average molecular weight is 450 g/mol. The number of carbonyl (C=O) groups is 1. The molecule has 0 radical (unpaired) electrons. The smallest absolute Gasteiger partial charge is 0.279 e. The molecule has 0 saturated heterocycles. The number of amides is 1. The summed E-state index contributed by atoms with van der Waals surface area (Å²) in [5, 5.41) is 9.78. The summed E-state index contributed by atoms with van der Waals surface area (Å²) in [5.74, 6) is 0.895. The molecule has 7 heteroatoms. The summed E-state index contributed by atoms with van der Waals surface area (Å²) in [6.45, 7) is 3.52. The maximum Gasteiger partial charge on any atom is 0.279 e. The van der Waals surface area contributed by atoms with Crippen molar-refractivity contribution in [2.24, 2.45) is 0 Å². The van der Waals surface area contributed by atoms with Crippen LogP contribution in [-0.2, 0) is 24.3 Å². The fourth-order valence-corrected chi connectivity index (χ4v) is 4.56. The molecule has 3 aromatic carbocycles. The molecule has 168 valence electrons. The van der Waals surface area contributed by atoms with Crippen LogP contribution in [0.25, 0.3) is 33.9 Å². The maximum absolute atomic E-state index is 13.2. The van der Waals surface area contributed by atoms with Gasteiger partial charge in [-0.1, -0.05) is 71.4 Å². The molecule has 0 unspecified atom stereocenters. The van der Waals surface area contributed by atoms with Gasteiger partial charge in [-0.2, -0.15) is 10.1 Å². The predicted octanol–water partition coefficient (Wildman–Crippen LogP) is 4.65. The molecule has 0 spiro atoms. The van der Waals surface area contributed by atoms with Gasteiger partial charge in [0.25, 0.3) is 5.89 Å². The van der Waals surface area contributed by atoms with E-state index in [1.54, 1.807) is 4.68 Å². The Morgan fingerprint density at radius 1 is 1.00 bits per heavy atom. The van der Waals surface area contributed by atoms with Crippen molar-refractivity contribution in [3.05, 3.63) is 89.5 Å². The zero-order valence-electron chi connectivity index (χ0n) is 18.8. The minimum atomic E-state index is 0.0419. The zero-order chi connectivity index (χ0) is 23.1. The number of nitrogens with zero attached hydrogens (tertiary/aromatic N) is 5. The fraction of sp³-hybridized carbons (Fsp3) is 0.185. The first-order valence-corrected chi connectivity index (χ1v) is 11.4. The van der Waals surface area contributed by atoms with Crippen molar-refractivity contribution in [2.75, 3.05) is 6.54 Å². The van der Waals surface area contributed by atoms with Crippen molar-refractivity contribution in [1.82, 2.24) is 24.8 Å². The van der Waals surface area contributed by atoms with Crippen molar-refractivity contribution in [2.45, 2.75) is 26.4 Å². The molecule has 5 aromatic rings. The van der Waals surface area contributed by atoms with E-state index in [-0.39, 0.29) is 12.5 Å². The Labute approximate surface area is 196 Å². The van der Waals surface area contributed by atoms with Crippen LogP contribution >= 0.6 is 0 Å².